The molecule has 0 spiro atoms. The van der Waals surface area contributed by atoms with E-state index in [1.165, 1.54) is 4.88 Å². The van der Waals surface area contributed by atoms with E-state index >= 15 is 0 Å². The highest BCUT2D eigenvalue weighted by molar-refractivity contribution is 7.15. The smallest absolute Gasteiger partial charge is 0.183 e. The van der Waals surface area contributed by atoms with Crippen molar-refractivity contribution in [3.05, 3.63) is 10.6 Å². The van der Waals surface area contributed by atoms with Crippen molar-refractivity contribution < 1.29 is 0 Å². The van der Waals surface area contributed by atoms with Crippen molar-refractivity contribution >= 4 is 16.5 Å². The number of rotatable bonds is 3. The normalized spacial score (nSPS) is 11.8. The molecule has 14 heavy (non-hydrogen) atoms. The van der Waals surface area contributed by atoms with E-state index in [-0.39, 0.29) is 5.54 Å². The number of thiazole rings is 1. The van der Waals surface area contributed by atoms with Gasteiger partial charge in [-0.1, -0.05) is 0 Å². The van der Waals surface area contributed by atoms with E-state index in [1.54, 1.807) is 11.3 Å². The minimum Gasteiger partial charge on any atom is -0.357 e. The maximum atomic E-state index is 5.52. The zero-order valence-corrected chi connectivity index (χ0v) is 10.2. The molecule has 0 radical (unpaired) electrons. The van der Waals surface area contributed by atoms with Gasteiger partial charge >= 0.3 is 0 Å². The van der Waals surface area contributed by atoms with Gasteiger partial charge in [0, 0.05) is 10.4 Å². The van der Waals surface area contributed by atoms with Gasteiger partial charge in [0.05, 0.1) is 5.69 Å². The first kappa shape index (κ1) is 11.5. The zero-order valence-electron chi connectivity index (χ0n) is 9.35. The van der Waals surface area contributed by atoms with Gasteiger partial charge in [-0.2, -0.15) is 0 Å². The molecule has 0 saturated heterocycles. The molecule has 3 nitrogen and oxygen atoms in total. The Morgan fingerprint density at radius 2 is 2.07 bits per heavy atom. The maximum Gasteiger partial charge on any atom is 0.183 e. The van der Waals surface area contributed by atoms with Gasteiger partial charge in [-0.05, 0) is 40.7 Å². The summed E-state index contributed by atoms with van der Waals surface area (Å²) in [6.45, 7) is 9.12. The Balaban J connectivity index is 2.75. The zero-order chi connectivity index (χ0) is 10.8. The van der Waals surface area contributed by atoms with Crippen molar-refractivity contribution in [2.24, 2.45) is 5.73 Å². The summed E-state index contributed by atoms with van der Waals surface area (Å²) < 4.78 is 0. The van der Waals surface area contributed by atoms with E-state index in [1.807, 2.05) is 6.92 Å². The molecule has 1 aromatic heterocycles. The third-order valence-electron chi connectivity index (χ3n) is 1.75. The van der Waals surface area contributed by atoms with Crippen LogP contribution in [0.4, 0.5) is 5.13 Å². The highest BCUT2D eigenvalue weighted by Gasteiger charge is 2.13. The number of anilines is 1. The lowest BCUT2D eigenvalue weighted by Crippen LogP contribution is -2.25. The van der Waals surface area contributed by atoms with Crippen molar-refractivity contribution in [3.8, 4) is 0 Å². The summed E-state index contributed by atoms with van der Waals surface area (Å²) in [7, 11) is 0. The number of aromatic nitrogens is 1. The Bertz CT molecular complexity index is 299. The van der Waals surface area contributed by atoms with Gasteiger partial charge in [0.25, 0.3) is 0 Å². The van der Waals surface area contributed by atoms with Gasteiger partial charge in [-0.15, -0.1) is 11.3 Å². The molecule has 0 aliphatic rings. The Kier molecular flexibility index (Phi) is 3.50. The fourth-order valence-electron chi connectivity index (χ4n) is 1.17. The molecule has 0 fully saturated rings. The highest BCUT2D eigenvalue weighted by Crippen LogP contribution is 2.25. The van der Waals surface area contributed by atoms with E-state index < -0.39 is 0 Å². The lowest BCUT2D eigenvalue weighted by molar-refractivity contribution is 0.633. The van der Waals surface area contributed by atoms with Crippen LogP contribution in [0.5, 0.6) is 0 Å². The van der Waals surface area contributed by atoms with Crippen LogP contribution in [-0.2, 0) is 6.42 Å². The molecule has 0 amide bonds. The molecule has 3 N–H and O–H groups in total. The van der Waals surface area contributed by atoms with Gasteiger partial charge in [0.1, 0.15) is 0 Å². The fourth-order valence-corrected chi connectivity index (χ4v) is 2.35. The molecule has 1 rings (SSSR count). The summed E-state index contributed by atoms with van der Waals surface area (Å²) in [6, 6.07) is 0. The highest BCUT2D eigenvalue weighted by atomic mass is 32.1. The van der Waals surface area contributed by atoms with Crippen molar-refractivity contribution in [2.45, 2.75) is 39.7 Å². The Morgan fingerprint density at radius 3 is 2.57 bits per heavy atom. The molecule has 1 heterocycles. The molecule has 0 aromatic carbocycles. The standard InChI is InChI=1S/C10H19N3S/c1-7-8(5-6-11)14-9(12-7)13-10(2,3)4/h5-6,11H2,1-4H3,(H,12,13). The molecule has 0 bridgehead atoms. The quantitative estimate of drug-likeness (QED) is 0.809. The van der Waals surface area contributed by atoms with Gasteiger partial charge in [-0.3, -0.25) is 0 Å². The second-order valence-electron chi connectivity index (χ2n) is 4.44. The van der Waals surface area contributed by atoms with E-state index in [0.717, 1.165) is 17.2 Å². The third-order valence-corrected chi connectivity index (χ3v) is 2.88. The van der Waals surface area contributed by atoms with Crippen LogP contribution in [0.15, 0.2) is 0 Å². The predicted octanol–water partition coefficient (Wildman–Crippen LogP) is 2.16. The summed E-state index contributed by atoms with van der Waals surface area (Å²) in [5, 5.41) is 4.37. The van der Waals surface area contributed by atoms with Crippen molar-refractivity contribution in [1.29, 1.82) is 0 Å². The van der Waals surface area contributed by atoms with Crippen LogP contribution in [0.2, 0.25) is 0 Å². The van der Waals surface area contributed by atoms with E-state index in [4.69, 9.17) is 5.73 Å². The molecule has 0 saturated carbocycles. The molecule has 80 valence electrons. The lowest BCUT2D eigenvalue weighted by atomic mass is 10.1. The number of hydrogen-bond donors (Lipinski definition) is 2. The number of nitrogens with one attached hydrogen (secondary N) is 1. The van der Waals surface area contributed by atoms with Crippen molar-refractivity contribution in [3.63, 3.8) is 0 Å². The molecule has 0 atom stereocenters. The first-order valence-electron chi connectivity index (χ1n) is 4.87. The molecule has 1 aromatic rings. The number of hydrogen-bond acceptors (Lipinski definition) is 4. The number of nitrogens with two attached hydrogens (primary N) is 1. The summed E-state index contributed by atoms with van der Waals surface area (Å²) in [4.78, 5) is 5.76. The average Bonchev–Trinajstić information content (AvgIpc) is 2.28. The Hall–Kier alpha value is -0.610. The SMILES string of the molecule is Cc1nc(NC(C)(C)C)sc1CCN. The van der Waals surface area contributed by atoms with Gasteiger partial charge < -0.3 is 11.1 Å². The maximum absolute atomic E-state index is 5.52. The van der Waals surface area contributed by atoms with E-state index in [0.29, 0.717) is 6.54 Å². The minimum atomic E-state index is 0.0737. The molecule has 0 aliphatic heterocycles. The van der Waals surface area contributed by atoms with Crippen molar-refractivity contribution in [1.82, 2.24) is 4.98 Å². The predicted molar refractivity (Wildman–Crippen MR) is 63.0 cm³/mol. The third kappa shape index (κ3) is 3.27. The number of aryl methyl sites for hydroxylation is 1. The van der Waals surface area contributed by atoms with Crippen LogP contribution in [0, 0.1) is 6.92 Å². The van der Waals surface area contributed by atoms with E-state index in [2.05, 4.69) is 31.1 Å². The first-order chi connectivity index (χ1) is 6.42. The molecular weight excluding hydrogens is 194 g/mol. The summed E-state index contributed by atoms with van der Waals surface area (Å²) in [5.41, 5.74) is 6.70. The summed E-state index contributed by atoms with van der Waals surface area (Å²) >= 11 is 1.71. The number of nitrogens with zero attached hydrogens (tertiary/aromatic N) is 1. The fraction of sp³-hybridized carbons (Fsp3) is 0.700. The second-order valence-corrected chi connectivity index (χ2v) is 5.52. The molecular formula is C10H19N3S. The van der Waals surface area contributed by atoms with Crippen LogP contribution in [-0.4, -0.2) is 17.1 Å². The monoisotopic (exact) mass is 213 g/mol. The Morgan fingerprint density at radius 1 is 1.43 bits per heavy atom. The molecule has 0 aliphatic carbocycles. The lowest BCUT2D eigenvalue weighted by Gasteiger charge is -2.19. The van der Waals surface area contributed by atoms with Crippen LogP contribution >= 0.6 is 11.3 Å². The van der Waals surface area contributed by atoms with Gasteiger partial charge in [0.2, 0.25) is 0 Å². The molecule has 0 unspecified atom stereocenters. The molecule has 4 heteroatoms. The minimum absolute atomic E-state index is 0.0737. The topological polar surface area (TPSA) is 50.9 Å². The van der Waals surface area contributed by atoms with Crippen LogP contribution in [0.3, 0.4) is 0 Å². The largest absolute Gasteiger partial charge is 0.357 e. The summed E-state index contributed by atoms with van der Waals surface area (Å²) in [6.07, 6.45) is 0.926. The van der Waals surface area contributed by atoms with Gasteiger partial charge in [-0.25, -0.2) is 4.98 Å². The Labute approximate surface area is 89.7 Å². The average molecular weight is 213 g/mol. The summed E-state index contributed by atoms with van der Waals surface area (Å²) in [5.74, 6) is 0. The van der Waals surface area contributed by atoms with Gasteiger partial charge in [0.15, 0.2) is 5.13 Å². The van der Waals surface area contributed by atoms with Crippen LogP contribution in [0.25, 0.3) is 0 Å². The van der Waals surface area contributed by atoms with E-state index in [9.17, 15) is 0 Å². The van der Waals surface area contributed by atoms with Crippen molar-refractivity contribution in [2.75, 3.05) is 11.9 Å². The van der Waals surface area contributed by atoms with Crippen LogP contribution in [0.1, 0.15) is 31.3 Å². The first-order valence-corrected chi connectivity index (χ1v) is 5.68. The van der Waals surface area contributed by atoms with Crippen LogP contribution < -0.4 is 11.1 Å². The second kappa shape index (κ2) is 4.28.